The molecule has 1 saturated heterocycles. The van der Waals surface area contributed by atoms with E-state index in [9.17, 15) is 23.5 Å². The Morgan fingerprint density at radius 3 is 2.37 bits per heavy atom. The van der Waals surface area contributed by atoms with Gasteiger partial charge >= 0.3 is 0 Å². The number of aliphatic hydroxyl groups is 1. The smallest absolute Gasteiger partial charge is 0.293 e. The minimum Gasteiger partial charge on any atom is -0.468 e. The summed E-state index contributed by atoms with van der Waals surface area (Å²) in [6.07, 6.45) is 2.80. The molecule has 3 N–H and O–H groups in total. The molecule has 1 aromatic heterocycles. The topological polar surface area (TPSA) is 95.8 Å². The molecular formula is C27H42F2N4O4S. The zero-order valence-electron chi connectivity index (χ0n) is 23.2. The molecule has 0 spiro atoms. The molecule has 2 aromatic rings. The number of anilines is 1. The van der Waals surface area contributed by atoms with Crippen molar-refractivity contribution in [2.75, 3.05) is 38.7 Å². The first-order chi connectivity index (χ1) is 18.1. The van der Waals surface area contributed by atoms with Crippen molar-refractivity contribution in [3.63, 3.8) is 0 Å². The molecule has 1 fully saturated rings. The summed E-state index contributed by atoms with van der Waals surface area (Å²) in [6, 6.07) is 4.22. The van der Waals surface area contributed by atoms with Gasteiger partial charge in [0.25, 0.3) is 12.4 Å². The van der Waals surface area contributed by atoms with Crippen LogP contribution in [0.4, 0.5) is 14.5 Å². The lowest BCUT2D eigenvalue weighted by Gasteiger charge is -2.16. The van der Waals surface area contributed by atoms with Crippen molar-refractivity contribution in [2.45, 2.75) is 45.1 Å². The fourth-order valence-corrected chi connectivity index (χ4v) is 4.37. The average Bonchev–Trinajstić information content (AvgIpc) is 3.39. The van der Waals surface area contributed by atoms with Gasteiger partial charge in [0.2, 0.25) is 0 Å². The van der Waals surface area contributed by atoms with Gasteiger partial charge in [-0.25, -0.2) is 8.78 Å². The van der Waals surface area contributed by atoms with Crippen molar-refractivity contribution in [1.29, 1.82) is 0 Å². The highest BCUT2D eigenvalue weighted by molar-refractivity contribution is 7.97. The fraction of sp³-hybridized carbons (Fsp3) is 0.481. The molecule has 0 saturated carbocycles. The highest BCUT2D eigenvalue weighted by Crippen LogP contribution is 2.27. The summed E-state index contributed by atoms with van der Waals surface area (Å²) >= 11 is 1.12. The van der Waals surface area contributed by atoms with Crippen LogP contribution in [-0.4, -0.2) is 66.3 Å². The van der Waals surface area contributed by atoms with Gasteiger partial charge < -0.3 is 24.6 Å². The van der Waals surface area contributed by atoms with Crippen molar-refractivity contribution in [3.05, 3.63) is 60.4 Å². The zero-order chi connectivity index (χ0) is 29.3. The summed E-state index contributed by atoms with van der Waals surface area (Å²) in [4.78, 5) is 24.1. The number of hydrogen-bond acceptors (Lipinski definition) is 7. The maximum absolute atomic E-state index is 14.9. The third-order valence-electron chi connectivity index (χ3n) is 5.13. The quantitative estimate of drug-likeness (QED) is 0.245. The lowest BCUT2D eigenvalue weighted by atomic mass is 10.1. The van der Waals surface area contributed by atoms with E-state index in [0.29, 0.717) is 29.2 Å². The Balaban J connectivity index is 0.00000119. The molecule has 1 aromatic carbocycles. The monoisotopic (exact) mass is 556 g/mol. The number of nitrogens with one attached hydrogen (secondary N) is 2. The Morgan fingerprint density at radius 2 is 1.87 bits per heavy atom. The Bertz CT molecular complexity index is 990. The van der Waals surface area contributed by atoms with Crippen LogP contribution in [0, 0.1) is 24.5 Å². The zero-order valence-corrected chi connectivity index (χ0v) is 24.0. The Morgan fingerprint density at radius 1 is 1.24 bits per heavy atom. The Labute approximate surface area is 229 Å². The minimum atomic E-state index is -0.622. The van der Waals surface area contributed by atoms with Gasteiger partial charge in [0.15, 0.2) is 5.82 Å². The van der Waals surface area contributed by atoms with Crippen molar-refractivity contribution >= 4 is 30.0 Å². The molecule has 2 atom stereocenters. The van der Waals surface area contributed by atoms with Crippen LogP contribution in [0.25, 0.3) is 0 Å². The van der Waals surface area contributed by atoms with E-state index < -0.39 is 11.7 Å². The van der Waals surface area contributed by atoms with E-state index >= 15 is 0 Å². The van der Waals surface area contributed by atoms with E-state index in [1.165, 1.54) is 29.2 Å². The van der Waals surface area contributed by atoms with Gasteiger partial charge in [0.05, 0.1) is 11.5 Å². The summed E-state index contributed by atoms with van der Waals surface area (Å²) in [5, 5.41) is 12.1. The van der Waals surface area contributed by atoms with Crippen LogP contribution in [-0.2, 0) is 16.6 Å². The lowest BCUT2D eigenvalue weighted by molar-refractivity contribution is -0.128. The molecule has 11 heteroatoms. The first-order valence-corrected chi connectivity index (χ1v) is 13.1. The summed E-state index contributed by atoms with van der Waals surface area (Å²) in [7, 11) is 3.57. The van der Waals surface area contributed by atoms with Crippen LogP contribution in [0.5, 0.6) is 0 Å². The summed E-state index contributed by atoms with van der Waals surface area (Å²) in [5.41, 5.74) is 0.690. The molecule has 0 aliphatic carbocycles. The average molecular weight is 557 g/mol. The maximum atomic E-state index is 14.9. The van der Waals surface area contributed by atoms with Gasteiger partial charge in [0.1, 0.15) is 11.5 Å². The summed E-state index contributed by atoms with van der Waals surface area (Å²) in [5.74, 6) is -1.52. The second kappa shape index (κ2) is 19.4. The fourth-order valence-electron chi connectivity index (χ4n) is 3.43. The number of carbonyl (C=O) groups is 2. The lowest BCUT2D eigenvalue weighted by Crippen LogP contribution is -2.33. The second-order valence-electron chi connectivity index (χ2n) is 8.43. The van der Waals surface area contributed by atoms with Gasteiger partial charge in [-0.3, -0.25) is 14.3 Å². The second-order valence-corrected chi connectivity index (χ2v) is 9.31. The number of halogens is 2. The van der Waals surface area contributed by atoms with Gasteiger partial charge in [-0.15, -0.1) is 13.2 Å². The molecule has 2 heterocycles. The standard InChI is InChI=1S/C19H24F2N4O2S.C3H6O2.C3H8.C2H4/c1-11-6-13(4-5-14(11)20)22-19(27)18-17(21)16(9-25(18)3)28-23-15-8-24(2)7-12(15)10-26;1-2-5-3-4;1-3-2;1-2/h4-6,9,12,15,23,26H,7-8,10H2,1-3H3,(H,22,27);3H,2H2,1H3;3H2,1-2H3;1-2H2. The van der Waals surface area contributed by atoms with Gasteiger partial charge in [0, 0.05) is 50.6 Å². The summed E-state index contributed by atoms with van der Waals surface area (Å²) < 4.78 is 37.0. The van der Waals surface area contributed by atoms with E-state index in [2.05, 4.69) is 46.7 Å². The third-order valence-corrected chi connectivity index (χ3v) is 6.06. The normalized spacial score (nSPS) is 16.1. The first kappa shape index (κ1) is 35.3. The Kier molecular flexibility index (Phi) is 18.0. The molecular weight excluding hydrogens is 514 g/mol. The molecule has 0 bridgehead atoms. The highest BCUT2D eigenvalue weighted by Gasteiger charge is 2.31. The molecule has 1 aliphatic rings. The Hall–Kier alpha value is -2.73. The van der Waals surface area contributed by atoms with E-state index in [4.69, 9.17) is 0 Å². The van der Waals surface area contributed by atoms with Crippen molar-refractivity contribution in [3.8, 4) is 0 Å². The number of likely N-dealkylation sites (N-methyl/N-ethyl adjacent to an activating group) is 1. The predicted molar refractivity (Wildman–Crippen MR) is 150 cm³/mol. The van der Waals surface area contributed by atoms with Crippen LogP contribution in [0.3, 0.4) is 0 Å². The number of carbonyl (C=O) groups excluding carboxylic acids is 2. The number of hydrogen-bond donors (Lipinski definition) is 3. The predicted octanol–water partition coefficient (Wildman–Crippen LogP) is 4.78. The van der Waals surface area contributed by atoms with Crippen molar-refractivity contribution < 1.29 is 28.2 Å². The molecule has 2 unspecified atom stereocenters. The first-order valence-electron chi connectivity index (χ1n) is 12.3. The number of aliphatic hydroxyl groups excluding tert-OH is 1. The van der Waals surface area contributed by atoms with Crippen LogP contribution in [0.15, 0.2) is 42.4 Å². The van der Waals surface area contributed by atoms with E-state index in [0.717, 1.165) is 25.0 Å². The third kappa shape index (κ3) is 11.3. The van der Waals surface area contributed by atoms with Crippen molar-refractivity contribution in [2.24, 2.45) is 13.0 Å². The van der Waals surface area contributed by atoms with E-state index in [1.807, 2.05) is 7.05 Å². The number of rotatable bonds is 8. The number of amides is 1. The van der Waals surface area contributed by atoms with Gasteiger partial charge in [-0.05, 0) is 56.6 Å². The van der Waals surface area contributed by atoms with E-state index in [-0.39, 0.29) is 30.1 Å². The molecule has 38 heavy (non-hydrogen) atoms. The largest absolute Gasteiger partial charge is 0.468 e. The molecule has 0 radical (unpaired) electrons. The number of ether oxygens (including phenoxy) is 1. The molecule has 8 nitrogen and oxygen atoms in total. The van der Waals surface area contributed by atoms with Crippen LogP contribution in [0.2, 0.25) is 0 Å². The number of aromatic nitrogens is 1. The highest BCUT2D eigenvalue weighted by atomic mass is 32.2. The molecule has 1 amide bonds. The van der Waals surface area contributed by atoms with E-state index in [1.54, 1.807) is 27.1 Å². The number of likely N-dealkylation sites (tertiary alicyclic amines) is 1. The van der Waals surface area contributed by atoms with Crippen LogP contribution >= 0.6 is 11.9 Å². The number of aryl methyl sites for hydroxylation is 2. The van der Waals surface area contributed by atoms with Crippen LogP contribution in [0.1, 0.15) is 43.2 Å². The number of benzene rings is 1. The molecule has 1 aliphatic heterocycles. The molecule has 214 valence electrons. The van der Waals surface area contributed by atoms with Gasteiger partial charge in [-0.1, -0.05) is 20.3 Å². The van der Waals surface area contributed by atoms with Crippen LogP contribution < -0.4 is 10.0 Å². The van der Waals surface area contributed by atoms with Gasteiger partial charge in [-0.2, -0.15) is 0 Å². The number of nitrogens with zero attached hydrogens (tertiary/aromatic N) is 2. The SMILES string of the molecule is C=C.CCC.CCOC=O.Cc1cc(NC(=O)c2c(F)c(SNC3CN(C)CC3CO)cn2C)ccc1F. The maximum Gasteiger partial charge on any atom is 0.293 e. The van der Waals surface area contributed by atoms with Crippen molar-refractivity contribution in [1.82, 2.24) is 14.2 Å². The summed E-state index contributed by atoms with van der Waals surface area (Å²) in [6.45, 7) is 16.1. The minimum absolute atomic E-state index is 0.0269. The molecule has 3 rings (SSSR count).